The molecule has 5 nitrogen and oxygen atoms in total. The third-order valence-electron chi connectivity index (χ3n) is 2.92. The molecule has 1 aromatic carbocycles. The van der Waals surface area contributed by atoms with Crippen molar-refractivity contribution in [1.82, 2.24) is 0 Å². The Morgan fingerprint density at radius 3 is 2.16 bits per heavy atom. The molecule has 0 bridgehead atoms. The Bertz CT molecular complexity index is 439. The molecule has 1 rings (SSSR count). The summed E-state index contributed by atoms with van der Waals surface area (Å²) in [5.74, 6) is -1.20. The van der Waals surface area contributed by atoms with Gasteiger partial charge in [0.15, 0.2) is 6.10 Å². The average Bonchev–Trinajstić information content (AvgIpc) is 2.40. The summed E-state index contributed by atoms with van der Waals surface area (Å²) >= 11 is 0. The molecule has 0 saturated heterocycles. The van der Waals surface area contributed by atoms with Gasteiger partial charge in [-0.15, -0.1) is 0 Å². The van der Waals surface area contributed by atoms with Crippen molar-refractivity contribution in [2.24, 2.45) is 5.73 Å². The lowest BCUT2D eigenvalue weighted by molar-refractivity contribution is -0.125. The molecule has 104 valence electrons. The number of esters is 1. The van der Waals surface area contributed by atoms with E-state index in [4.69, 9.17) is 10.5 Å². The van der Waals surface area contributed by atoms with Crippen LogP contribution in [-0.4, -0.2) is 31.1 Å². The van der Waals surface area contributed by atoms with Crippen molar-refractivity contribution in [3.8, 4) is 0 Å². The molecule has 0 radical (unpaired) electrons. The minimum Gasteiger partial charge on any atom is -0.449 e. The molecule has 1 aromatic rings. The van der Waals surface area contributed by atoms with E-state index in [1.807, 2.05) is 12.1 Å². The Morgan fingerprint density at radius 1 is 1.21 bits per heavy atom. The molecule has 0 heterocycles. The van der Waals surface area contributed by atoms with Gasteiger partial charge in [0.05, 0.1) is 5.56 Å². The Labute approximate surface area is 113 Å². The summed E-state index contributed by atoms with van der Waals surface area (Å²) in [5.41, 5.74) is 6.49. The molecule has 19 heavy (non-hydrogen) atoms. The standard InChI is InChI=1S/C14H20N2O3/c1-4-16(5-2)12-8-6-11(7-9-12)14(18)19-10(3)13(15)17/h6-10H,4-5H2,1-3H3,(H2,15,17)/t10-/m1/s1. The van der Waals surface area contributed by atoms with Crippen molar-refractivity contribution in [2.45, 2.75) is 26.9 Å². The number of hydrogen-bond donors (Lipinski definition) is 1. The third kappa shape index (κ3) is 3.98. The summed E-state index contributed by atoms with van der Waals surface area (Å²) in [6, 6.07) is 7.09. The molecule has 0 aromatic heterocycles. The number of rotatable bonds is 6. The molecule has 0 aliphatic rings. The molecule has 0 unspecified atom stereocenters. The fraction of sp³-hybridized carbons (Fsp3) is 0.429. The molecule has 5 heteroatoms. The fourth-order valence-electron chi connectivity index (χ4n) is 1.68. The summed E-state index contributed by atoms with van der Waals surface area (Å²) in [6.07, 6.45) is -0.921. The minimum absolute atomic E-state index is 0.406. The zero-order valence-corrected chi connectivity index (χ0v) is 11.6. The van der Waals surface area contributed by atoms with Gasteiger partial charge in [0.1, 0.15) is 0 Å². The van der Waals surface area contributed by atoms with Gasteiger partial charge in [-0.1, -0.05) is 0 Å². The number of benzene rings is 1. The lowest BCUT2D eigenvalue weighted by atomic mass is 10.2. The predicted octanol–water partition coefficient (Wildman–Crippen LogP) is 1.56. The number of nitrogens with two attached hydrogens (primary N) is 1. The highest BCUT2D eigenvalue weighted by Gasteiger charge is 2.16. The largest absolute Gasteiger partial charge is 0.449 e. The zero-order valence-electron chi connectivity index (χ0n) is 11.6. The van der Waals surface area contributed by atoms with Gasteiger partial charge in [-0.05, 0) is 45.0 Å². The van der Waals surface area contributed by atoms with E-state index in [1.54, 1.807) is 12.1 Å². The van der Waals surface area contributed by atoms with E-state index in [-0.39, 0.29) is 0 Å². The van der Waals surface area contributed by atoms with Crippen molar-refractivity contribution < 1.29 is 14.3 Å². The highest BCUT2D eigenvalue weighted by atomic mass is 16.5. The van der Waals surface area contributed by atoms with E-state index in [0.29, 0.717) is 5.56 Å². The van der Waals surface area contributed by atoms with Crippen LogP contribution in [0.1, 0.15) is 31.1 Å². The number of nitrogens with zero attached hydrogens (tertiary/aromatic N) is 1. The van der Waals surface area contributed by atoms with Gasteiger partial charge in [-0.25, -0.2) is 4.79 Å². The van der Waals surface area contributed by atoms with Crippen LogP contribution in [0, 0.1) is 0 Å². The fourth-order valence-corrected chi connectivity index (χ4v) is 1.68. The number of amides is 1. The second-order valence-corrected chi connectivity index (χ2v) is 4.17. The number of anilines is 1. The number of hydrogen-bond acceptors (Lipinski definition) is 4. The maximum atomic E-state index is 11.7. The first-order valence-electron chi connectivity index (χ1n) is 6.34. The topological polar surface area (TPSA) is 72.6 Å². The summed E-state index contributed by atoms with van der Waals surface area (Å²) in [4.78, 5) is 24.7. The van der Waals surface area contributed by atoms with E-state index < -0.39 is 18.0 Å². The minimum atomic E-state index is -0.921. The third-order valence-corrected chi connectivity index (χ3v) is 2.92. The number of primary amides is 1. The van der Waals surface area contributed by atoms with Crippen molar-refractivity contribution in [2.75, 3.05) is 18.0 Å². The molecular weight excluding hydrogens is 244 g/mol. The maximum absolute atomic E-state index is 11.7. The van der Waals surface area contributed by atoms with Crippen LogP contribution >= 0.6 is 0 Å². The molecule has 0 aliphatic heterocycles. The monoisotopic (exact) mass is 264 g/mol. The van der Waals surface area contributed by atoms with Crippen LogP contribution < -0.4 is 10.6 Å². The van der Waals surface area contributed by atoms with Gasteiger partial charge >= 0.3 is 5.97 Å². The van der Waals surface area contributed by atoms with Gasteiger partial charge < -0.3 is 15.4 Å². The first-order valence-corrected chi connectivity index (χ1v) is 6.34. The number of carbonyl (C=O) groups is 2. The number of carbonyl (C=O) groups excluding carboxylic acids is 2. The molecular formula is C14H20N2O3. The van der Waals surface area contributed by atoms with E-state index in [2.05, 4.69) is 18.7 Å². The lowest BCUT2D eigenvalue weighted by Gasteiger charge is -2.21. The Morgan fingerprint density at radius 2 is 1.74 bits per heavy atom. The molecule has 0 spiro atoms. The van der Waals surface area contributed by atoms with E-state index >= 15 is 0 Å². The number of ether oxygens (including phenoxy) is 1. The second-order valence-electron chi connectivity index (χ2n) is 4.17. The molecule has 2 N–H and O–H groups in total. The van der Waals surface area contributed by atoms with Crippen LogP contribution in [0.2, 0.25) is 0 Å². The molecule has 0 saturated carbocycles. The van der Waals surface area contributed by atoms with E-state index in [0.717, 1.165) is 18.8 Å². The average molecular weight is 264 g/mol. The normalized spacial score (nSPS) is 11.7. The Hall–Kier alpha value is -2.04. The first-order chi connectivity index (χ1) is 8.99. The molecule has 0 fully saturated rings. The van der Waals surface area contributed by atoms with Gasteiger partial charge in [-0.2, -0.15) is 0 Å². The van der Waals surface area contributed by atoms with Crippen LogP contribution in [0.25, 0.3) is 0 Å². The summed E-state index contributed by atoms with van der Waals surface area (Å²) < 4.78 is 4.92. The molecule has 1 amide bonds. The Kier molecular flexibility index (Phi) is 5.36. The smallest absolute Gasteiger partial charge is 0.338 e. The first kappa shape index (κ1) is 15.0. The van der Waals surface area contributed by atoms with Crippen molar-refractivity contribution >= 4 is 17.6 Å². The molecule has 0 aliphatic carbocycles. The predicted molar refractivity (Wildman–Crippen MR) is 74.1 cm³/mol. The summed E-state index contributed by atoms with van der Waals surface area (Å²) in [5, 5.41) is 0. The van der Waals surface area contributed by atoms with Crippen molar-refractivity contribution in [3.05, 3.63) is 29.8 Å². The van der Waals surface area contributed by atoms with E-state index in [1.165, 1.54) is 6.92 Å². The van der Waals surface area contributed by atoms with Gasteiger partial charge in [-0.3, -0.25) is 4.79 Å². The van der Waals surface area contributed by atoms with Crippen molar-refractivity contribution in [1.29, 1.82) is 0 Å². The Balaban J connectivity index is 2.76. The zero-order chi connectivity index (χ0) is 14.4. The van der Waals surface area contributed by atoms with E-state index in [9.17, 15) is 9.59 Å². The van der Waals surface area contributed by atoms with Gasteiger partial charge in [0.25, 0.3) is 5.91 Å². The van der Waals surface area contributed by atoms with Crippen LogP contribution in [0.4, 0.5) is 5.69 Å². The van der Waals surface area contributed by atoms with Gasteiger partial charge in [0, 0.05) is 18.8 Å². The summed E-state index contributed by atoms with van der Waals surface area (Å²) in [7, 11) is 0. The highest BCUT2D eigenvalue weighted by molar-refractivity contribution is 5.92. The summed E-state index contributed by atoms with van der Waals surface area (Å²) in [6.45, 7) is 7.39. The SMILES string of the molecule is CCN(CC)c1ccc(C(=O)O[C@H](C)C(N)=O)cc1. The van der Waals surface area contributed by atoms with Crippen LogP contribution in [0.3, 0.4) is 0 Å². The maximum Gasteiger partial charge on any atom is 0.338 e. The quantitative estimate of drug-likeness (QED) is 0.791. The van der Waals surface area contributed by atoms with Gasteiger partial charge in [0.2, 0.25) is 0 Å². The highest BCUT2D eigenvalue weighted by Crippen LogP contribution is 2.15. The molecule has 1 atom stereocenters. The van der Waals surface area contributed by atoms with Crippen LogP contribution in [-0.2, 0) is 9.53 Å². The van der Waals surface area contributed by atoms with Crippen LogP contribution in [0.5, 0.6) is 0 Å². The van der Waals surface area contributed by atoms with Crippen LogP contribution in [0.15, 0.2) is 24.3 Å². The van der Waals surface area contributed by atoms with Crippen molar-refractivity contribution in [3.63, 3.8) is 0 Å². The second kappa shape index (κ2) is 6.78. The lowest BCUT2D eigenvalue weighted by Crippen LogP contribution is -2.30.